The molecule has 1 aromatic carbocycles. The van der Waals surface area contributed by atoms with Crippen LogP contribution in [-0.2, 0) is 6.42 Å². The van der Waals surface area contributed by atoms with Crippen molar-refractivity contribution in [2.45, 2.75) is 6.42 Å². The molecule has 4 heteroatoms. The molecular weight excluding hydrogens is 194 g/mol. The first-order valence-electron chi connectivity index (χ1n) is 4.45. The number of aromatic carboxylic acids is 1. The zero-order valence-corrected chi connectivity index (χ0v) is 7.88. The minimum absolute atomic E-state index is 0.288. The molecule has 0 unspecified atom stereocenters. The molecule has 0 aliphatic rings. The monoisotopic (exact) mass is 203 g/mol. The molecule has 1 N–H and O–H groups in total. The number of aromatic nitrogens is 1. The van der Waals surface area contributed by atoms with Crippen molar-refractivity contribution in [3.63, 3.8) is 0 Å². The SMILES string of the molecule is O=C(O)c1ccc(Cc2cnco2)cc1. The van der Waals surface area contributed by atoms with Gasteiger partial charge >= 0.3 is 5.97 Å². The van der Waals surface area contributed by atoms with E-state index in [1.807, 2.05) is 0 Å². The van der Waals surface area contributed by atoms with Gasteiger partial charge in [-0.3, -0.25) is 0 Å². The topological polar surface area (TPSA) is 63.3 Å². The fourth-order valence-corrected chi connectivity index (χ4v) is 1.30. The van der Waals surface area contributed by atoms with Gasteiger partial charge in [-0.2, -0.15) is 0 Å². The molecule has 0 aliphatic heterocycles. The van der Waals surface area contributed by atoms with Crippen LogP contribution in [0.25, 0.3) is 0 Å². The Hall–Kier alpha value is -2.10. The Balaban J connectivity index is 2.14. The molecule has 1 heterocycles. The summed E-state index contributed by atoms with van der Waals surface area (Å²) in [6, 6.07) is 6.69. The third-order valence-corrected chi connectivity index (χ3v) is 2.06. The highest BCUT2D eigenvalue weighted by Gasteiger charge is 2.03. The smallest absolute Gasteiger partial charge is 0.335 e. The van der Waals surface area contributed by atoms with Crippen molar-refractivity contribution in [1.29, 1.82) is 0 Å². The first kappa shape index (κ1) is 9.45. The van der Waals surface area contributed by atoms with Crippen molar-refractivity contribution in [3.05, 3.63) is 53.7 Å². The van der Waals surface area contributed by atoms with Crippen LogP contribution < -0.4 is 0 Å². The zero-order chi connectivity index (χ0) is 10.7. The van der Waals surface area contributed by atoms with Crippen molar-refractivity contribution in [2.75, 3.05) is 0 Å². The summed E-state index contributed by atoms with van der Waals surface area (Å²) in [7, 11) is 0. The van der Waals surface area contributed by atoms with Crippen molar-refractivity contribution in [2.24, 2.45) is 0 Å². The van der Waals surface area contributed by atoms with Crippen LogP contribution >= 0.6 is 0 Å². The van der Waals surface area contributed by atoms with Crippen molar-refractivity contribution in [3.8, 4) is 0 Å². The molecule has 2 rings (SSSR count). The molecule has 0 radical (unpaired) electrons. The number of rotatable bonds is 3. The third-order valence-electron chi connectivity index (χ3n) is 2.06. The van der Waals surface area contributed by atoms with E-state index in [0.29, 0.717) is 6.42 Å². The Morgan fingerprint density at radius 2 is 2.07 bits per heavy atom. The van der Waals surface area contributed by atoms with E-state index < -0.39 is 5.97 Å². The van der Waals surface area contributed by atoms with E-state index in [1.165, 1.54) is 6.39 Å². The fraction of sp³-hybridized carbons (Fsp3) is 0.0909. The lowest BCUT2D eigenvalue weighted by molar-refractivity contribution is 0.0697. The molecule has 0 saturated heterocycles. The molecule has 0 atom stereocenters. The van der Waals surface area contributed by atoms with E-state index in [2.05, 4.69) is 4.98 Å². The maximum Gasteiger partial charge on any atom is 0.335 e. The predicted octanol–water partition coefficient (Wildman–Crippen LogP) is 1.96. The molecule has 15 heavy (non-hydrogen) atoms. The van der Waals surface area contributed by atoms with Gasteiger partial charge in [0.15, 0.2) is 6.39 Å². The number of carboxylic acid groups (broad SMARTS) is 1. The molecular formula is C11H9NO3. The molecule has 0 aliphatic carbocycles. The summed E-state index contributed by atoms with van der Waals surface area (Å²) in [5.74, 6) is -0.153. The van der Waals surface area contributed by atoms with E-state index in [4.69, 9.17) is 9.52 Å². The van der Waals surface area contributed by atoms with Gasteiger partial charge in [0.05, 0.1) is 11.8 Å². The molecule has 0 bridgehead atoms. The van der Waals surface area contributed by atoms with Gasteiger partial charge in [0.25, 0.3) is 0 Å². The first-order chi connectivity index (χ1) is 7.25. The second kappa shape index (κ2) is 3.96. The van der Waals surface area contributed by atoms with E-state index in [1.54, 1.807) is 30.5 Å². The lowest BCUT2D eigenvalue weighted by Gasteiger charge is -1.98. The van der Waals surface area contributed by atoms with Gasteiger partial charge < -0.3 is 9.52 Å². The third kappa shape index (κ3) is 2.22. The summed E-state index contributed by atoms with van der Waals surface area (Å²) in [6.45, 7) is 0. The average Bonchev–Trinajstić information content (AvgIpc) is 2.71. The van der Waals surface area contributed by atoms with Gasteiger partial charge in [0.2, 0.25) is 0 Å². The minimum atomic E-state index is -0.916. The average molecular weight is 203 g/mol. The van der Waals surface area contributed by atoms with E-state index in [0.717, 1.165) is 11.3 Å². The van der Waals surface area contributed by atoms with Gasteiger partial charge in [-0.25, -0.2) is 9.78 Å². The maximum absolute atomic E-state index is 10.6. The number of carbonyl (C=O) groups is 1. The quantitative estimate of drug-likeness (QED) is 0.828. The molecule has 1 aromatic heterocycles. The highest BCUT2D eigenvalue weighted by atomic mass is 16.4. The maximum atomic E-state index is 10.6. The molecule has 0 amide bonds. The Bertz CT molecular complexity index is 445. The van der Waals surface area contributed by atoms with Crippen LogP contribution in [0.5, 0.6) is 0 Å². The van der Waals surface area contributed by atoms with Gasteiger partial charge in [0.1, 0.15) is 5.76 Å². The molecule has 0 fully saturated rings. The lowest BCUT2D eigenvalue weighted by Crippen LogP contribution is -1.96. The predicted molar refractivity (Wildman–Crippen MR) is 52.7 cm³/mol. The molecule has 4 nitrogen and oxygen atoms in total. The van der Waals surface area contributed by atoms with Gasteiger partial charge in [-0.1, -0.05) is 12.1 Å². The van der Waals surface area contributed by atoms with Crippen LogP contribution in [-0.4, -0.2) is 16.1 Å². The number of benzene rings is 1. The largest absolute Gasteiger partial charge is 0.478 e. The molecule has 0 saturated carbocycles. The Morgan fingerprint density at radius 3 is 2.60 bits per heavy atom. The molecule has 76 valence electrons. The van der Waals surface area contributed by atoms with Crippen LogP contribution in [0.15, 0.2) is 41.3 Å². The highest BCUT2D eigenvalue weighted by Crippen LogP contribution is 2.10. The van der Waals surface area contributed by atoms with Crippen molar-refractivity contribution < 1.29 is 14.3 Å². The van der Waals surface area contributed by atoms with Gasteiger partial charge in [0, 0.05) is 6.42 Å². The second-order valence-corrected chi connectivity index (χ2v) is 3.15. The summed E-state index contributed by atoms with van der Waals surface area (Å²) in [5, 5.41) is 8.70. The van der Waals surface area contributed by atoms with Gasteiger partial charge in [-0.15, -0.1) is 0 Å². The number of hydrogen-bond donors (Lipinski definition) is 1. The fourth-order valence-electron chi connectivity index (χ4n) is 1.30. The minimum Gasteiger partial charge on any atom is -0.478 e. The summed E-state index contributed by atoms with van der Waals surface area (Å²) in [5.41, 5.74) is 1.29. The van der Waals surface area contributed by atoms with Crippen LogP contribution in [0.4, 0.5) is 0 Å². The van der Waals surface area contributed by atoms with Crippen LogP contribution in [0.1, 0.15) is 21.7 Å². The standard InChI is InChI=1S/C11H9NO3/c13-11(14)9-3-1-8(2-4-9)5-10-6-12-7-15-10/h1-4,6-7H,5H2,(H,13,14). The summed E-state index contributed by atoms with van der Waals surface area (Å²) >= 11 is 0. The Morgan fingerprint density at radius 1 is 1.33 bits per heavy atom. The van der Waals surface area contributed by atoms with E-state index in [9.17, 15) is 4.79 Å². The van der Waals surface area contributed by atoms with E-state index in [-0.39, 0.29) is 5.56 Å². The number of hydrogen-bond acceptors (Lipinski definition) is 3. The Labute approximate surface area is 86.2 Å². The normalized spacial score (nSPS) is 10.1. The summed E-state index contributed by atoms with van der Waals surface area (Å²) in [4.78, 5) is 14.4. The number of carboxylic acids is 1. The first-order valence-corrected chi connectivity index (χ1v) is 4.45. The van der Waals surface area contributed by atoms with Crippen LogP contribution in [0, 0.1) is 0 Å². The number of oxazole rings is 1. The van der Waals surface area contributed by atoms with Crippen molar-refractivity contribution >= 4 is 5.97 Å². The van der Waals surface area contributed by atoms with Crippen LogP contribution in [0.3, 0.4) is 0 Å². The number of nitrogens with zero attached hydrogens (tertiary/aromatic N) is 1. The van der Waals surface area contributed by atoms with E-state index >= 15 is 0 Å². The molecule has 0 spiro atoms. The van der Waals surface area contributed by atoms with Crippen molar-refractivity contribution in [1.82, 2.24) is 4.98 Å². The summed E-state index contributed by atoms with van der Waals surface area (Å²) in [6.07, 6.45) is 3.64. The van der Waals surface area contributed by atoms with Crippen LogP contribution in [0.2, 0.25) is 0 Å². The second-order valence-electron chi connectivity index (χ2n) is 3.15. The van der Waals surface area contributed by atoms with Gasteiger partial charge in [-0.05, 0) is 17.7 Å². The molecule has 2 aromatic rings. The zero-order valence-electron chi connectivity index (χ0n) is 7.88. The highest BCUT2D eigenvalue weighted by molar-refractivity contribution is 5.87. The summed E-state index contributed by atoms with van der Waals surface area (Å²) < 4.78 is 5.09. The Kier molecular flexibility index (Phi) is 2.49. The lowest BCUT2D eigenvalue weighted by atomic mass is 10.1.